The molecule has 0 radical (unpaired) electrons. The van der Waals surface area contributed by atoms with Gasteiger partial charge in [0.2, 0.25) is 0 Å². The zero-order chi connectivity index (χ0) is 9.26. The maximum absolute atomic E-state index is 4.14. The van der Waals surface area contributed by atoms with Gasteiger partial charge < -0.3 is 4.57 Å². The Morgan fingerprint density at radius 1 is 1.38 bits per heavy atom. The fraction of sp³-hybridized carbons (Fsp3) is 0.111. The zero-order valence-electron chi connectivity index (χ0n) is 7.11. The zero-order valence-corrected chi connectivity index (χ0v) is 8.69. The molecule has 0 unspecified atom stereocenters. The van der Waals surface area contributed by atoms with Crippen molar-refractivity contribution in [1.29, 1.82) is 0 Å². The molecule has 2 aromatic heterocycles. The molecule has 2 aromatic rings. The van der Waals surface area contributed by atoms with E-state index >= 15 is 0 Å². The maximum atomic E-state index is 4.14. The Kier molecular flexibility index (Phi) is 2.14. The van der Waals surface area contributed by atoms with Crippen LogP contribution in [0.1, 0.15) is 5.69 Å². The number of hydrogen-bond acceptors (Lipinski definition) is 2. The molecule has 4 heteroatoms. The van der Waals surface area contributed by atoms with E-state index in [2.05, 4.69) is 25.9 Å². The molecule has 0 N–H and O–H groups in total. The van der Waals surface area contributed by atoms with E-state index in [1.807, 2.05) is 23.8 Å². The van der Waals surface area contributed by atoms with Crippen LogP contribution in [0.3, 0.4) is 0 Å². The molecule has 0 bridgehead atoms. The largest absolute Gasteiger partial charge is 0.304 e. The van der Waals surface area contributed by atoms with Crippen LogP contribution in [-0.2, 0) is 0 Å². The van der Waals surface area contributed by atoms with E-state index in [4.69, 9.17) is 0 Å². The van der Waals surface area contributed by atoms with E-state index in [9.17, 15) is 0 Å². The first-order chi connectivity index (χ1) is 6.25. The molecule has 0 aromatic carbocycles. The van der Waals surface area contributed by atoms with Gasteiger partial charge in [-0.2, -0.15) is 0 Å². The van der Waals surface area contributed by atoms with Crippen LogP contribution in [-0.4, -0.2) is 14.5 Å². The van der Waals surface area contributed by atoms with Crippen LogP contribution in [0.25, 0.3) is 5.69 Å². The van der Waals surface area contributed by atoms with Gasteiger partial charge in [0.1, 0.15) is 0 Å². The van der Waals surface area contributed by atoms with E-state index in [-0.39, 0.29) is 0 Å². The van der Waals surface area contributed by atoms with Crippen molar-refractivity contribution < 1.29 is 0 Å². The van der Waals surface area contributed by atoms with Crippen LogP contribution < -0.4 is 0 Å². The van der Waals surface area contributed by atoms with Crippen LogP contribution in [0, 0.1) is 6.92 Å². The van der Waals surface area contributed by atoms with Crippen LogP contribution in [0.2, 0.25) is 0 Å². The van der Waals surface area contributed by atoms with E-state index in [1.165, 1.54) is 0 Å². The number of rotatable bonds is 1. The lowest BCUT2D eigenvalue weighted by atomic mass is 10.4. The first-order valence-electron chi connectivity index (χ1n) is 3.87. The third-order valence-corrected chi connectivity index (χ3v) is 2.13. The van der Waals surface area contributed by atoms with Gasteiger partial charge in [0.05, 0.1) is 23.9 Å². The molecule has 2 heterocycles. The number of halogens is 1. The monoisotopic (exact) mass is 237 g/mol. The maximum Gasteiger partial charge on any atom is 0.0995 e. The van der Waals surface area contributed by atoms with E-state index < -0.39 is 0 Å². The van der Waals surface area contributed by atoms with Gasteiger partial charge in [0, 0.05) is 16.9 Å². The molecule has 0 aliphatic heterocycles. The molecule has 2 rings (SSSR count). The molecular weight excluding hydrogens is 230 g/mol. The number of pyridine rings is 1. The van der Waals surface area contributed by atoms with Gasteiger partial charge >= 0.3 is 0 Å². The second-order valence-corrected chi connectivity index (χ2v) is 3.70. The number of hydrogen-bond donors (Lipinski definition) is 0. The lowest BCUT2D eigenvalue weighted by Gasteiger charge is -2.00. The molecule has 0 amide bonds. The third kappa shape index (κ3) is 1.78. The van der Waals surface area contributed by atoms with Gasteiger partial charge in [-0.1, -0.05) is 0 Å². The Labute approximate surface area is 84.6 Å². The molecule has 3 nitrogen and oxygen atoms in total. The molecule has 0 atom stereocenters. The highest BCUT2D eigenvalue weighted by molar-refractivity contribution is 9.10. The Balaban J connectivity index is 2.46. The Hall–Kier alpha value is -1.16. The van der Waals surface area contributed by atoms with Crippen LogP contribution in [0.5, 0.6) is 0 Å². The van der Waals surface area contributed by atoms with Crippen molar-refractivity contribution in [1.82, 2.24) is 14.5 Å². The van der Waals surface area contributed by atoms with Crippen LogP contribution >= 0.6 is 15.9 Å². The van der Waals surface area contributed by atoms with Gasteiger partial charge in [0.15, 0.2) is 0 Å². The smallest absolute Gasteiger partial charge is 0.0995 e. The summed E-state index contributed by atoms with van der Waals surface area (Å²) < 4.78 is 2.91. The van der Waals surface area contributed by atoms with E-state index in [0.29, 0.717) is 0 Å². The topological polar surface area (TPSA) is 30.7 Å². The summed E-state index contributed by atoms with van der Waals surface area (Å²) in [6, 6.07) is 1.99. The average molecular weight is 238 g/mol. The molecule has 0 fully saturated rings. The summed E-state index contributed by atoms with van der Waals surface area (Å²) in [5.41, 5.74) is 2.01. The van der Waals surface area contributed by atoms with Crippen molar-refractivity contribution in [3.05, 3.63) is 41.2 Å². The van der Waals surface area contributed by atoms with Gasteiger partial charge in [-0.25, -0.2) is 4.98 Å². The summed E-state index contributed by atoms with van der Waals surface area (Å²) in [5, 5.41) is 0. The van der Waals surface area contributed by atoms with Gasteiger partial charge in [-0.05, 0) is 28.9 Å². The van der Waals surface area contributed by atoms with Crippen molar-refractivity contribution in [2.24, 2.45) is 0 Å². The van der Waals surface area contributed by atoms with Gasteiger partial charge in [-0.3, -0.25) is 4.98 Å². The molecule has 0 spiro atoms. The fourth-order valence-electron chi connectivity index (χ4n) is 1.10. The Bertz CT molecular complexity index is 422. The second-order valence-electron chi connectivity index (χ2n) is 2.78. The predicted molar refractivity (Wildman–Crippen MR) is 53.8 cm³/mol. The molecule has 0 aliphatic carbocycles. The lowest BCUT2D eigenvalue weighted by Crippen LogP contribution is -1.90. The molecule has 0 saturated carbocycles. The van der Waals surface area contributed by atoms with Crippen molar-refractivity contribution in [2.75, 3.05) is 0 Å². The number of aromatic nitrogens is 3. The second kappa shape index (κ2) is 3.30. The first kappa shape index (κ1) is 8.44. The van der Waals surface area contributed by atoms with Crippen molar-refractivity contribution in [3.63, 3.8) is 0 Å². The minimum Gasteiger partial charge on any atom is -0.304 e. The highest BCUT2D eigenvalue weighted by Crippen LogP contribution is 2.13. The van der Waals surface area contributed by atoms with Crippen molar-refractivity contribution in [3.8, 4) is 5.69 Å². The van der Waals surface area contributed by atoms with Crippen molar-refractivity contribution >= 4 is 15.9 Å². The van der Waals surface area contributed by atoms with E-state index in [1.54, 1.807) is 18.7 Å². The summed E-state index contributed by atoms with van der Waals surface area (Å²) in [6.07, 6.45) is 7.29. The lowest BCUT2D eigenvalue weighted by molar-refractivity contribution is 1.04. The molecule has 0 aliphatic rings. The van der Waals surface area contributed by atoms with Crippen LogP contribution in [0.15, 0.2) is 35.5 Å². The minimum absolute atomic E-state index is 0.969. The molecule has 66 valence electrons. The van der Waals surface area contributed by atoms with Gasteiger partial charge in [0.25, 0.3) is 0 Å². The average Bonchev–Trinajstić information content (AvgIpc) is 2.52. The quantitative estimate of drug-likeness (QED) is 0.763. The fourth-order valence-corrected chi connectivity index (χ4v) is 1.46. The summed E-state index contributed by atoms with van der Waals surface area (Å²) in [6.45, 7) is 1.96. The SMILES string of the molecule is Cc1cn(-c2cncc(Br)c2)cn1. The Morgan fingerprint density at radius 3 is 2.85 bits per heavy atom. The summed E-state index contributed by atoms with van der Waals surface area (Å²) in [7, 11) is 0. The van der Waals surface area contributed by atoms with E-state index in [0.717, 1.165) is 15.9 Å². The summed E-state index contributed by atoms with van der Waals surface area (Å²) in [5.74, 6) is 0. The van der Waals surface area contributed by atoms with Gasteiger partial charge in [-0.15, -0.1) is 0 Å². The number of nitrogens with zero attached hydrogens (tertiary/aromatic N) is 3. The van der Waals surface area contributed by atoms with Crippen LogP contribution in [0.4, 0.5) is 0 Å². The molecular formula is C9H8BrN3. The third-order valence-electron chi connectivity index (χ3n) is 1.70. The highest BCUT2D eigenvalue weighted by atomic mass is 79.9. The van der Waals surface area contributed by atoms with Crippen molar-refractivity contribution in [2.45, 2.75) is 6.92 Å². The first-order valence-corrected chi connectivity index (χ1v) is 4.66. The predicted octanol–water partition coefficient (Wildman–Crippen LogP) is 2.34. The number of imidazole rings is 1. The normalized spacial score (nSPS) is 10.3. The summed E-state index contributed by atoms with van der Waals surface area (Å²) in [4.78, 5) is 8.22. The molecule has 0 saturated heterocycles. The summed E-state index contributed by atoms with van der Waals surface area (Å²) >= 11 is 3.37. The minimum atomic E-state index is 0.969. The standard InChI is InChI=1S/C9H8BrN3/c1-7-5-13(6-12-7)9-2-8(10)3-11-4-9/h2-6H,1H3. The Morgan fingerprint density at radius 2 is 2.23 bits per heavy atom. The number of aryl methyl sites for hydroxylation is 1. The highest BCUT2D eigenvalue weighted by Gasteiger charge is 1.97. The molecule has 13 heavy (non-hydrogen) atoms.